The number of carbonyl (C=O) groups excluding carboxylic acids is 3. The van der Waals surface area contributed by atoms with E-state index in [1.165, 1.54) is 0 Å². The Hall–Kier alpha value is -3.00. The van der Waals surface area contributed by atoms with E-state index in [-0.39, 0.29) is 17.7 Å². The van der Waals surface area contributed by atoms with Gasteiger partial charge in [0.2, 0.25) is 5.91 Å². The number of rotatable bonds is 9. The minimum absolute atomic E-state index is 0.0448. The molecule has 2 aromatic rings. The van der Waals surface area contributed by atoms with Crippen LogP contribution in [0.4, 0.5) is 10.5 Å². The van der Waals surface area contributed by atoms with E-state index in [9.17, 15) is 14.4 Å². The molecule has 208 valence electrons. The van der Waals surface area contributed by atoms with Crippen LogP contribution in [0.15, 0.2) is 36.4 Å². The van der Waals surface area contributed by atoms with Crippen molar-refractivity contribution >= 4 is 36.2 Å². The van der Waals surface area contributed by atoms with Crippen molar-refractivity contribution in [1.29, 1.82) is 0 Å². The average Bonchev–Trinajstić information content (AvgIpc) is 2.83. The maximum Gasteiger partial charge on any atom is 0.408 e. The lowest BCUT2D eigenvalue weighted by Gasteiger charge is -2.38. The summed E-state index contributed by atoms with van der Waals surface area (Å²) in [6.45, 7) is 17.0. The summed E-state index contributed by atoms with van der Waals surface area (Å²) in [6, 6.07) is 9.39. The van der Waals surface area contributed by atoms with Crippen LogP contribution >= 0.6 is 12.6 Å². The monoisotopic (exact) mass is 541 g/mol. The molecule has 2 N–H and O–H groups in total. The first-order valence-electron chi connectivity index (χ1n) is 13.1. The molecule has 0 spiro atoms. The van der Waals surface area contributed by atoms with E-state index in [1.807, 2.05) is 77.9 Å². The first kappa shape index (κ1) is 31.2. The van der Waals surface area contributed by atoms with Gasteiger partial charge in [-0.05, 0) is 89.6 Å². The zero-order chi connectivity index (χ0) is 28.8. The zero-order valence-electron chi connectivity index (χ0n) is 24.1. The molecule has 0 aromatic heterocycles. The molecule has 8 heteroatoms. The molecule has 2 rings (SSSR count). The van der Waals surface area contributed by atoms with Gasteiger partial charge in [-0.3, -0.25) is 9.59 Å². The molecule has 0 heterocycles. The number of para-hydroxylation sites is 1. The highest BCUT2D eigenvalue weighted by Gasteiger charge is 2.38. The molecular formula is C30H43N3O4S. The Morgan fingerprint density at radius 1 is 0.974 bits per heavy atom. The number of amides is 3. The van der Waals surface area contributed by atoms with Crippen LogP contribution in [-0.2, 0) is 14.3 Å². The lowest BCUT2D eigenvalue weighted by molar-refractivity contribution is -0.142. The smallest absolute Gasteiger partial charge is 0.408 e. The Bertz CT molecular complexity index is 1140. The number of anilines is 1. The largest absolute Gasteiger partial charge is 0.444 e. The Labute approximate surface area is 233 Å². The second-order valence-corrected chi connectivity index (χ2v) is 11.3. The van der Waals surface area contributed by atoms with Gasteiger partial charge in [0, 0.05) is 17.5 Å². The second kappa shape index (κ2) is 13.2. The first-order chi connectivity index (χ1) is 17.7. The Morgan fingerprint density at radius 2 is 1.58 bits per heavy atom. The number of aryl methyl sites for hydroxylation is 4. The van der Waals surface area contributed by atoms with Crippen molar-refractivity contribution in [1.82, 2.24) is 10.2 Å². The number of hydrogen-bond acceptors (Lipinski definition) is 5. The highest BCUT2D eigenvalue weighted by atomic mass is 32.1. The number of ether oxygens (including phenoxy) is 1. The highest BCUT2D eigenvalue weighted by molar-refractivity contribution is 7.80. The quantitative estimate of drug-likeness (QED) is 0.337. The number of nitrogens with zero attached hydrogens (tertiary/aromatic N) is 1. The minimum atomic E-state index is -0.982. The normalized spacial score (nSPS) is 13.7. The summed E-state index contributed by atoms with van der Waals surface area (Å²) in [7, 11) is 0. The van der Waals surface area contributed by atoms with Crippen molar-refractivity contribution in [2.45, 2.75) is 92.5 Å². The van der Waals surface area contributed by atoms with Crippen molar-refractivity contribution < 1.29 is 19.1 Å². The van der Waals surface area contributed by atoms with Crippen LogP contribution < -0.4 is 10.6 Å². The Morgan fingerprint density at radius 3 is 2.08 bits per heavy atom. The fraction of sp³-hybridized carbons (Fsp3) is 0.500. The number of carbonyl (C=O) groups is 3. The number of benzene rings is 2. The predicted octanol–water partition coefficient (Wildman–Crippen LogP) is 6.05. The van der Waals surface area contributed by atoms with Crippen LogP contribution in [-0.4, -0.2) is 46.2 Å². The van der Waals surface area contributed by atoms with Crippen LogP contribution in [0.25, 0.3) is 0 Å². The van der Waals surface area contributed by atoms with Gasteiger partial charge in [-0.15, -0.1) is 0 Å². The number of hydrogen-bond donors (Lipinski definition) is 3. The molecule has 3 atom stereocenters. The molecule has 0 aliphatic rings. The number of alkyl carbamates (subject to hydrolysis) is 1. The number of nitrogens with one attached hydrogen (secondary N) is 2. The van der Waals surface area contributed by atoms with Gasteiger partial charge in [-0.2, -0.15) is 12.6 Å². The van der Waals surface area contributed by atoms with Gasteiger partial charge in [0.1, 0.15) is 17.7 Å². The van der Waals surface area contributed by atoms with Gasteiger partial charge in [0.15, 0.2) is 0 Å². The topological polar surface area (TPSA) is 87.7 Å². The fourth-order valence-corrected chi connectivity index (χ4v) is 4.43. The second-order valence-electron chi connectivity index (χ2n) is 10.9. The third-order valence-corrected chi connectivity index (χ3v) is 6.96. The van der Waals surface area contributed by atoms with Crippen molar-refractivity contribution in [3.8, 4) is 0 Å². The van der Waals surface area contributed by atoms with E-state index in [0.29, 0.717) is 12.0 Å². The van der Waals surface area contributed by atoms with Crippen LogP contribution in [0, 0.1) is 27.7 Å². The van der Waals surface area contributed by atoms with Crippen LogP contribution in [0.2, 0.25) is 0 Å². The van der Waals surface area contributed by atoms with E-state index in [4.69, 9.17) is 4.74 Å². The fourth-order valence-electron chi connectivity index (χ4n) is 4.19. The van der Waals surface area contributed by atoms with Gasteiger partial charge < -0.3 is 20.3 Å². The predicted molar refractivity (Wildman–Crippen MR) is 157 cm³/mol. The maximum atomic E-state index is 14.1. The summed E-state index contributed by atoms with van der Waals surface area (Å²) >= 11 is 4.36. The Kier molecular flexibility index (Phi) is 10.8. The lowest BCUT2D eigenvalue weighted by atomic mass is 9.96. The molecule has 0 bridgehead atoms. The molecule has 3 amide bonds. The SMILES string of the molecule is CCC(C)N(C(=O)C(CS)NC(=O)OC(C)(C)C)C(C(=O)Nc1c(C)cccc1C)c1ccc(C)c(C)c1. The first-order valence-corrected chi connectivity index (χ1v) is 13.7. The molecule has 0 aliphatic heterocycles. The average molecular weight is 542 g/mol. The van der Waals surface area contributed by atoms with E-state index >= 15 is 0 Å². The molecule has 2 aromatic carbocycles. The van der Waals surface area contributed by atoms with E-state index < -0.39 is 29.7 Å². The molecule has 0 saturated heterocycles. The zero-order valence-corrected chi connectivity index (χ0v) is 25.0. The standard InChI is InChI=1S/C30H43N3O4S/c1-10-22(6)33(28(35)24(17-38)31-29(36)37-30(7,8)9)26(23-15-14-18(2)21(5)16-23)27(34)32-25-19(3)12-11-13-20(25)4/h11-16,22,24,26,38H,10,17H2,1-9H3,(H,31,36)(H,32,34). The van der Waals surface area contributed by atoms with Gasteiger partial charge in [0.25, 0.3) is 5.91 Å². The Balaban J connectivity index is 2.59. The molecule has 7 nitrogen and oxygen atoms in total. The van der Waals surface area contributed by atoms with Crippen LogP contribution in [0.3, 0.4) is 0 Å². The highest BCUT2D eigenvalue weighted by Crippen LogP contribution is 2.30. The van der Waals surface area contributed by atoms with Crippen molar-refractivity contribution in [2.24, 2.45) is 0 Å². The molecule has 0 aliphatic carbocycles. The summed E-state index contributed by atoms with van der Waals surface area (Å²) < 4.78 is 5.38. The van der Waals surface area contributed by atoms with Gasteiger partial charge in [-0.25, -0.2) is 4.79 Å². The third-order valence-electron chi connectivity index (χ3n) is 6.59. The molecule has 0 fully saturated rings. The molecular weight excluding hydrogens is 498 g/mol. The summed E-state index contributed by atoms with van der Waals surface area (Å²) in [6.07, 6.45) is -0.105. The maximum absolute atomic E-state index is 14.1. The van der Waals surface area contributed by atoms with Crippen molar-refractivity contribution in [3.05, 3.63) is 64.2 Å². The molecule has 0 radical (unpaired) electrons. The molecule has 0 saturated carbocycles. The summed E-state index contributed by atoms with van der Waals surface area (Å²) in [5.74, 6) is -0.682. The van der Waals surface area contributed by atoms with E-state index in [2.05, 4.69) is 23.3 Å². The van der Waals surface area contributed by atoms with Gasteiger partial charge in [-0.1, -0.05) is 43.3 Å². The van der Waals surface area contributed by atoms with Gasteiger partial charge >= 0.3 is 6.09 Å². The minimum Gasteiger partial charge on any atom is -0.444 e. The molecule has 38 heavy (non-hydrogen) atoms. The van der Waals surface area contributed by atoms with Crippen LogP contribution in [0.5, 0.6) is 0 Å². The summed E-state index contributed by atoms with van der Waals surface area (Å²) in [4.78, 5) is 42.2. The summed E-state index contributed by atoms with van der Waals surface area (Å²) in [5, 5.41) is 5.75. The van der Waals surface area contributed by atoms with Gasteiger partial charge in [0.05, 0.1) is 0 Å². The van der Waals surface area contributed by atoms with Crippen LogP contribution in [0.1, 0.15) is 74.9 Å². The lowest BCUT2D eigenvalue weighted by Crippen LogP contribution is -2.55. The summed E-state index contributed by atoms with van der Waals surface area (Å²) in [5.41, 5.74) is 4.65. The van der Waals surface area contributed by atoms with Crippen molar-refractivity contribution in [2.75, 3.05) is 11.1 Å². The third kappa shape index (κ3) is 8.00. The van der Waals surface area contributed by atoms with Crippen molar-refractivity contribution in [3.63, 3.8) is 0 Å². The number of thiol groups is 1. The van der Waals surface area contributed by atoms with E-state index in [0.717, 1.165) is 27.9 Å². The molecule has 3 unspecified atom stereocenters. The van der Waals surface area contributed by atoms with E-state index in [1.54, 1.807) is 25.7 Å².